The lowest BCUT2D eigenvalue weighted by Crippen LogP contribution is -2.53. The largest absolute Gasteiger partial charge is 0.464 e. The average Bonchev–Trinajstić information content (AvgIpc) is 3.40. The van der Waals surface area contributed by atoms with E-state index in [1.54, 1.807) is 6.92 Å². The Morgan fingerprint density at radius 1 is 1.00 bits per heavy atom. The fourth-order valence-electron chi connectivity index (χ4n) is 4.06. The lowest BCUT2D eigenvalue weighted by molar-refractivity contribution is -0.757. The van der Waals surface area contributed by atoms with Crippen LogP contribution < -0.4 is 5.32 Å². The highest BCUT2D eigenvalue weighted by molar-refractivity contribution is 5.88. The van der Waals surface area contributed by atoms with Gasteiger partial charge in [0, 0.05) is 19.4 Å². The predicted molar refractivity (Wildman–Crippen MR) is 133 cm³/mol. The van der Waals surface area contributed by atoms with Crippen molar-refractivity contribution < 1.29 is 43.7 Å². The number of nitrogens with one attached hydrogen (secondary N) is 1. The zero-order valence-corrected chi connectivity index (χ0v) is 21.7. The number of ether oxygens (including phenoxy) is 2. The molecule has 1 aliphatic heterocycles. The van der Waals surface area contributed by atoms with Gasteiger partial charge in [-0.05, 0) is 38.2 Å². The molecule has 1 heterocycles. The Kier molecular flexibility index (Phi) is 13.4. The van der Waals surface area contributed by atoms with Gasteiger partial charge in [-0.1, -0.05) is 30.3 Å². The highest BCUT2D eigenvalue weighted by Gasteiger charge is 2.38. The minimum Gasteiger partial charge on any atom is -0.464 e. The highest BCUT2D eigenvalue weighted by atomic mass is 17.0. The number of rotatable bonds is 18. The van der Waals surface area contributed by atoms with Crippen molar-refractivity contribution in [1.82, 2.24) is 10.2 Å². The molecule has 1 saturated heterocycles. The maximum absolute atomic E-state index is 13.2. The van der Waals surface area contributed by atoms with Gasteiger partial charge in [-0.15, -0.1) is 20.2 Å². The molecule has 0 radical (unpaired) electrons. The maximum Gasteiger partial charge on any atom is 0.328 e. The molecular weight excluding hydrogens is 520 g/mol. The standard InChI is InChI=1S/C24H34N4O11/c1-18(22(29)26-13-5-10-21(26)24(31)37-15-7-17-39-28(34)35)25-20(12-11-19-8-3-2-4-9-19)23(30)36-14-6-16-38-27(32)33/h2-4,8-9,18,20-21,25H,5-7,10-17H2,1H3. The highest BCUT2D eigenvalue weighted by Crippen LogP contribution is 2.20. The zero-order valence-electron chi connectivity index (χ0n) is 21.7. The number of hydrogen-bond acceptors (Lipinski definition) is 12. The number of nitrogens with zero attached hydrogens (tertiary/aromatic N) is 3. The summed E-state index contributed by atoms with van der Waals surface area (Å²) in [6.45, 7) is 1.32. The summed E-state index contributed by atoms with van der Waals surface area (Å²) in [5.41, 5.74) is 0.987. The Hall–Kier alpha value is -4.01. The molecule has 2 rings (SSSR count). The van der Waals surface area contributed by atoms with E-state index < -0.39 is 40.2 Å². The Balaban J connectivity index is 1.94. The number of aryl methyl sites for hydroxylation is 1. The molecule has 0 saturated carbocycles. The number of hydrogen-bond donors (Lipinski definition) is 1. The van der Waals surface area contributed by atoms with Gasteiger partial charge in [-0.2, -0.15) is 0 Å². The molecular formula is C24H34N4O11. The number of carbonyl (C=O) groups excluding carboxylic acids is 3. The van der Waals surface area contributed by atoms with Crippen LogP contribution in [0.3, 0.4) is 0 Å². The van der Waals surface area contributed by atoms with Crippen molar-refractivity contribution in [2.45, 2.75) is 63.6 Å². The van der Waals surface area contributed by atoms with Crippen LogP contribution in [0.4, 0.5) is 0 Å². The van der Waals surface area contributed by atoms with E-state index in [4.69, 9.17) is 9.47 Å². The van der Waals surface area contributed by atoms with E-state index in [0.29, 0.717) is 32.2 Å². The first-order valence-corrected chi connectivity index (χ1v) is 12.7. The van der Waals surface area contributed by atoms with Gasteiger partial charge in [-0.25, -0.2) is 4.79 Å². The minimum atomic E-state index is -0.929. The molecule has 0 spiro atoms. The summed E-state index contributed by atoms with van der Waals surface area (Å²) in [5.74, 6) is -1.60. The number of amides is 1. The Labute approximate surface area is 224 Å². The van der Waals surface area contributed by atoms with E-state index in [1.165, 1.54) is 4.90 Å². The molecule has 3 unspecified atom stereocenters. The summed E-state index contributed by atoms with van der Waals surface area (Å²) in [7, 11) is 0. The van der Waals surface area contributed by atoms with E-state index in [9.17, 15) is 34.6 Å². The number of carbonyl (C=O) groups is 3. The Morgan fingerprint density at radius 2 is 1.62 bits per heavy atom. The predicted octanol–water partition coefficient (Wildman–Crippen LogP) is 1.24. The van der Waals surface area contributed by atoms with Gasteiger partial charge in [0.1, 0.15) is 12.1 Å². The summed E-state index contributed by atoms with van der Waals surface area (Å²) >= 11 is 0. The maximum atomic E-state index is 13.2. The van der Waals surface area contributed by atoms with Crippen molar-refractivity contribution in [3.8, 4) is 0 Å². The summed E-state index contributed by atoms with van der Waals surface area (Å²) in [5, 5.41) is 21.6. The molecule has 15 nitrogen and oxygen atoms in total. The number of benzene rings is 1. The summed E-state index contributed by atoms with van der Waals surface area (Å²) < 4.78 is 10.4. The van der Waals surface area contributed by atoms with Crippen LogP contribution in [0.5, 0.6) is 0 Å². The normalized spacial score (nSPS) is 16.1. The molecule has 1 fully saturated rings. The molecule has 39 heavy (non-hydrogen) atoms. The molecule has 1 aromatic rings. The second kappa shape index (κ2) is 16.8. The molecule has 1 aromatic carbocycles. The molecule has 1 amide bonds. The molecule has 0 aliphatic carbocycles. The van der Waals surface area contributed by atoms with Crippen molar-refractivity contribution in [3.05, 3.63) is 56.1 Å². The third-order valence-electron chi connectivity index (χ3n) is 5.94. The first-order valence-electron chi connectivity index (χ1n) is 12.7. The third kappa shape index (κ3) is 11.5. The number of esters is 2. The third-order valence-corrected chi connectivity index (χ3v) is 5.94. The molecule has 1 aliphatic rings. The fraction of sp³-hybridized carbons (Fsp3) is 0.625. The topological polar surface area (TPSA) is 190 Å². The van der Waals surface area contributed by atoms with Gasteiger partial charge in [0.2, 0.25) is 5.91 Å². The van der Waals surface area contributed by atoms with E-state index in [0.717, 1.165) is 5.56 Å². The van der Waals surface area contributed by atoms with Crippen LogP contribution in [-0.4, -0.2) is 84.0 Å². The van der Waals surface area contributed by atoms with Gasteiger partial charge in [-0.3, -0.25) is 14.9 Å². The van der Waals surface area contributed by atoms with Gasteiger partial charge in [0.05, 0.1) is 32.5 Å². The van der Waals surface area contributed by atoms with Gasteiger partial charge < -0.3 is 24.0 Å². The van der Waals surface area contributed by atoms with Crippen LogP contribution in [0.1, 0.15) is 44.6 Å². The van der Waals surface area contributed by atoms with Crippen molar-refractivity contribution in [1.29, 1.82) is 0 Å². The van der Waals surface area contributed by atoms with E-state index >= 15 is 0 Å². The van der Waals surface area contributed by atoms with Crippen LogP contribution in [0, 0.1) is 20.2 Å². The van der Waals surface area contributed by atoms with Crippen LogP contribution in [0.2, 0.25) is 0 Å². The van der Waals surface area contributed by atoms with Crippen LogP contribution in [0.25, 0.3) is 0 Å². The summed E-state index contributed by atoms with van der Waals surface area (Å²) in [4.78, 5) is 68.8. The molecule has 3 atom stereocenters. The first-order chi connectivity index (χ1) is 18.7. The fourth-order valence-corrected chi connectivity index (χ4v) is 4.06. The van der Waals surface area contributed by atoms with Gasteiger partial charge >= 0.3 is 11.9 Å². The molecule has 15 heteroatoms. The van der Waals surface area contributed by atoms with Crippen molar-refractivity contribution in [3.63, 3.8) is 0 Å². The second-order valence-electron chi connectivity index (χ2n) is 8.81. The molecule has 0 aromatic heterocycles. The lowest BCUT2D eigenvalue weighted by Gasteiger charge is -2.28. The van der Waals surface area contributed by atoms with Crippen LogP contribution >= 0.6 is 0 Å². The lowest BCUT2D eigenvalue weighted by atomic mass is 10.0. The molecule has 216 valence electrons. The molecule has 1 N–H and O–H groups in total. The first kappa shape index (κ1) is 31.2. The minimum absolute atomic E-state index is 0.0842. The van der Waals surface area contributed by atoms with E-state index in [2.05, 4.69) is 15.0 Å². The smallest absolute Gasteiger partial charge is 0.328 e. The van der Waals surface area contributed by atoms with Crippen LogP contribution in [0.15, 0.2) is 30.3 Å². The number of likely N-dealkylation sites (tertiary alicyclic amines) is 1. The van der Waals surface area contributed by atoms with E-state index in [1.807, 2.05) is 30.3 Å². The zero-order chi connectivity index (χ0) is 28.6. The SMILES string of the molecule is CC(NC(CCc1ccccc1)C(=O)OCCCO[N+](=O)[O-])C(=O)N1CCCC1C(=O)OCCCO[N+](=O)[O-]. The van der Waals surface area contributed by atoms with Crippen LogP contribution in [-0.2, 0) is 40.0 Å². The Bertz CT molecular complexity index is 963. The summed E-state index contributed by atoms with van der Waals surface area (Å²) in [6.07, 6.45) is 2.11. The summed E-state index contributed by atoms with van der Waals surface area (Å²) in [6, 6.07) is 6.96. The van der Waals surface area contributed by atoms with Crippen molar-refractivity contribution >= 4 is 17.8 Å². The van der Waals surface area contributed by atoms with Gasteiger partial charge in [0.15, 0.2) is 0 Å². The van der Waals surface area contributed by atoms with Gasteiger partial charge in [0.25, 0.3) is 10.2 Å². The Morgan fingerprint density at radius 3 is 2.23 bits per heavy atom. The monoisotopic (exact) mass is 554 g/mol. The van der Waals surface area contributed by atoms with Crippen molar-refractivity contribution in [2.75, 3.05) is 33.0 Å². The average molecular weight is 555 g/mol. The quantitative estimate of drug-likeness (QED) is 0.118. The van der Waals surface area contributed by atoms with Crippen molar-refractivity contribution in [2.24, 2.45) is 0 Å². The second-order valence-corrected chi connectivity index (χ2v) is 8.81. The van der Waals surface area contributed by atoms with E-state index in [-0.39, 0.29) is 45.2 Å². The molecule has 0 bridgehead atoms.